The van der Waals surface area contributed by atoms with Gasteiger partial charge in [-0.3, -0.25) is 4.79 Å². The monoisotopic (exact) mass is 283 g/mol. The van der Waals surface area contributed by atoms with Crippen LogP contribution >= 0.6 is 22.7 Å². The zero-order chi connectivity index (χ0) is 13.3. The van der Waals surface area contributed by atoms with E-state index in [0.717, 1.165) is 9.40 Å². The molecule has 0 aliphatic carbocycles. The van der Waals surface area contributed by atoms with E-state index in [4.69, 9.17) is 5.11 Å². The minimum Gasteiger partial charge on any atom is -0.480 e. The smallest absolute Gasteiger partial charge is 0.326 e. The second-order valence-electron chi connectivity index (χ2n) is 3.94. The first-order chi connectivity index (χ1) is 8.54. The molecule has 0 bridgehead atoms. The highest BCUT2D eigenvalue weighted by Gasteiger charge is 2.26. The highest BCUT2D eigenvalue weighted by molar-refractivity contribution is 7.27. The summed E-state index contributed by atoms with van der Waals surface area (Å²) in [5, 5.41) is 11.0. The average molecular weight is 283 g/mol. The summed E-state index contributed by atoms with van der Waals surface area (Å²) in [5.41, 5.74) is 0. The van der Waals surface area contributed by atoms with E-state index in [-0.39, 0.29) is 5.91 Å². The van der Waals surface area contributed by atoms with Gasteiger partial charge in [0.2, 0.25) is 0 Å². The topological polar surface area (TPSA) is 57.6 Å². The summed E-state index contributed by atoms with van der Waals surface area (Å²) in [6.07, 6.45) is 0.400. The number of nitrogens with zero attached hydrogens (tertiary/aromatic N) is 1. The second-order valence-corrected chi connectivity index (χ2v) is 5.97. The molecule has 4 nitrogen and oxygen atoms in total. The van der Waals surface area contributed by atoms with Gasteiger partial charge in [0.05, 0.1) is 4.88 Å². The number of carbonyl (C=O) groups excluding carboxylic acids is 1. The molecule has 0 saturated heterocycles. The Hall–Kier alpha value is -1.40. The molecule has 18 heavy (non-hydrogen) atoms. The van der Waals surface area contributed by atoms with E-state index in [1.165, 1.54) is 16.2 Å². The van der Waals surface area contributed by atoms with Gasteiger partial charge in [-0.05, 0) is 23.9 Å². The van der Waals surface area contributed by atoms with E-state index in [9.17, 15) is 9.59 Å². The summed E-state index contributed by atoms with van der Waals surface area (Å²) in [5.74, 6) is -1.19. The zero-order valence-corrected chi connectivity index (χ0v) is 11.7. The number of thiophene rings is 2. The SMILES string of the molecule is CCC(C(=O)O)N(C)C(=O)c1cc2sccc2s1. The zero-order valence-electron chi connectivity index (χ0n) is 10.0. The lowest BCUT2D eigenvalue weighted by Gasteiger charge is -2.22. The fraction of sp³-hybridized carbons (Fsp3) is 0.333. The van der Waals surface area contributed by atoms with Gasteiger partial charge in [0.1, 0.15) is 6.04 Å². The molecule has 0 aliphatic heterocycles. The van der Waals surface area contributed by atoms with Crippen LogP contribution in [-0.2, 0) is 4.79 Å². The predicted molar refractivity (Wildman–Crippen MR) is 73.5 cm³/mol. The normalized spacial score (nSPS) is 12.6. The van der Waals surface area contributed by atoms with Gasteiger partial charge in [0.25, 0.3) is 5.91 Å². The Morgan fingerprint density at radius 3 is 2.72 bits per heavy atom. The van der Waals surface area contributed by atoms with Gasteiger partial charge in [-0.1, -0.05) is 6.92 Å². The Bertz CT molecular complexity index is 558. The summed E-state index contributed by atoms with van der Waals surface area (Å²) < 4.78 is 2.14. The highest BCUT2D eigenvalue weighted by Crippen LogP contribution is 2.30. The molecule has 0 aromatic carbocycles. The fourth-order valence-electron chi connectivity index (χ4n) is 1.80. The van der Waals surface area contributed by atoms with E-state index in [1.54, 1.807) is 25.3 Å². The lowest BCUT2D eigenvalue weighted by atomic mass is 10.2. The number of hydrogen-bond acceptors (Lipinski definition) is 4. The van der Waals surface area contributed by atoms with Gasteiger partial charge in [0, 0.05) is 16.4 Å². The minimum atomic E-state index is -0.966. The van der Waals surface area contributed by atoms with Crippen LogP contribution in [0.1, 0.15) is 23.0 Å². The third-order valence-corrected chi connectivity index (χ3v) is 4.89. The molecular weight excluding hydrogens is 270 g/mol. The Morgan fingerprint density at radius 1 is 1.44 bits per heavy atom. The Balaban J connectivity index is 2.25. The third kappa shape index (κ3) is 2.26. The molecule has 2 heterocycles. The van der Waals surface area contributed by atoms with Gasteiger partial charge < -0.3 is 10.0 Å². The third-order valence-electron chi connectivity index (χ3n) is 2.81. The molecule has 1 N–H and O–H groups in total. The van der Waals surface area contributed by atoms with Gasteiger partial charge in [0.15, 0.2) is 0 Å². The van der Waals surface area contributed by atoms with Crippen molar-refractivity contribution in [3.63, 3.8) is 0 Å². The predicted octanol–water partition coefficient (Wildman–Crippen LogP) is 2.90. The average Bonchev–Trinajstić information content (AvgIpc) is 2.88. The lowest BCUT2D eigenvalue weighted by molar-refractivity contribution is -0.142. The first-order valence-electron chi connectivity index (χ1n) is 5.51. The molecule has 2 rings (SSSR count). The Morgan fingerprint density at radius 2 is 2.17 bits per heavy atom. The highest BCUT2D eigenvalue weighted by atomic mass is 32.1. The van der Waals surface area contributed by atoms with Crippen molar-refractivity contribution in [2.24, 2.45) is 0 Å². The summed E-state index contributed by atoms with van der Waals surface area (Å²) in [6, 6.07) is 3.03. The van der Waals surface area contributed by atoms with Crippen molar-refractivity contribution in [3.8, 4) is 0 Å². The van der Waals surface area contributed by atoms with E-state index in [1.807, 2.05) is 17.5 Å². The molecule has 1 unspecified atom stereocenters. The molecule has 0 saturated carbocycles. The fourth-order valence-corrected chi connectivity index (χ4v) is 3.89. The molecule has 2 aromatic rings. The van der Waals surface area contributed by atoms with Crippen molar-refractivity contribution in [3.05, 3.63) is 22.4 Å². The minimum absolute atomic E-state index is 0.224. The molecule has 1 amide bonds. The van der Waals surface area contributed by atoms with Crippen molar-refractivity contribution in [1.82, 2.24) is 4.90 Å². The molecule has 0 spiro atoms. The van der Waals surface area contributed by atoms with E-state index >= 15 is 0 Å². The molecule has 0 fully saturated rings. The largest absolute Gasteiger partial charge is 0.480 e. The van der Waals surface area contributed by atoms with Crippen LogP contribution in [0.3, 0.4) is 0 Å². The number of carboxylic acid groups (broad SMARTS) is 1. The number of likely N-dealkylation sites (N-methyl/N-ethyl adjacent to an activating group) is 1. The number of carbonyl (C=O) groups is 2. The number of aliphatic carboxylic acids is 1. The van der Waals surface area contributed by atoms with Crippen molar-refractivity contribution in [1.29, 1.82) is 0 Å². The number of amides is 1. The summed E-state index contributed by atoms with van der Waals surface area (Å²) in [6.45, 7) is 1.76. The van der Waals surface area contributed by atoms with E-state index < -0.39 is 12.0 Å². The van der Waals surface area contributed by atoms with Gasteiger partial charge >= 0.3 is 5.97 Å². The first kappa shape index (κ1) is 13.0. The van der Waals surface area contributed by atoms with Crippen molar-refractivity contribution < 1.29 is 14.7 Å². The maximum absolute atomic E-state index is 12.2. The number of hydrogen-bond donors (Lipinski definition) is 1. The standard InChI is InChI=1S/C12H13NO3S2/c1-3-7(12(15)16)13(2)11(14)10-6-9-8(18-10)4-5-17-9/h4-7H,3H2,1-2H3,(H,15,16). The van der Waals surface area contributed by atoms with Gasteiger partial charge in [-0.25, -0.2) is 4.79 Å². The van der Waals surface area contributed by atoms with Crippen molar-refractivity contribution in [2.75, 3.05) is 7.05 Å². The summed E-state index contributed by atoms with van der Waals surface area (Å²) in [4.78, 5) is 25.1. The van der Waals surface area contributed by atoms with E-state index in [2.05, 4.69) is 0 Å². The first-order valence-corrected chi connectivity index (χ1v) is 7.21. The molecule has 6 heteroatoms. The molecule has 96 valence electrons. The Labute approximate surface area is 112 Å². The van der Waals surface area contributed by atoms with Crippen LogP contribution in [0.25, 0.3) is 9.40 Å². The van der Waals surface area contributed by atoms with Gasteiger partial charge in [-0.15, -0.1) is 22.7 Å². The molecule has 0 radical (unpaired) electrons. The van der Waals surface area contributed by atoms with Crippen LogP contribution in [0.2, 0.25) is 0 Å². The second kappa shape index (κ2) is 5.07. The summed E-state index contributed by atoms with van der Waals surface area (Å²) >= 11 is 2.99. The molecular formula is C12H13NO3S2. The number of fused-ring (bicyclic) bond motifs is 1. The maximum atomic E-state index is 12.2. The number of carboxylic acids is 1. The molecule has 2 aromatic heterocycles. The maximum Gasteiger partial charge on any atom is 0.326 e. The van der Waals surface area contributed by atoms with E-state index in [0.29, 0.717) is 11.3 Å². The summed E-state index contributed by atoms with van der Waals surface area (Å²) in [7, 11) is 1.54. The van der Waals surface area contributed by atoms with Crippen molar-refractivity contribution in [2.45, 2.75) is 19.4 Å². The van der Waals surface area contributed by atoms with Crippen LogP contribution in [0, 0.1) is 0 Å². The van der Waals surface area contributed by atoms with Crippen LogP contribution in [0.15, 0.2) is 17.5 Å². The van der Waals surface area contributed by atoms with Crippen molar-refractivity contribution >= 4 is 43.9 Å². The lowest BCUT2D eigenvalue weighted by Crippen LogP contribution is -2.41. The number of rotatable bonds is 4. The van der Waals surface area contributed by atoms with Crippen LogP contribution in [0.5, 0.6) is 0 Å². The van der Waals surface area contributed by atoms with Gasteiger partial charge in [-0.2, -0.15) is 0 Å². The molecule has 0 aliphatic rings. The van der Waals surface area contributed by atoms with Crippen LogP contribution < -0.4 is 0 Å². The quantitative estimate of drug-likeness (QED) is 0.938. The van der Waals surface area contributed by atoms with Crippen LogP contribution in [-0.4, -0.2) is 35.0 Å². The van der Waals surface area contributed by atoms with Crippen LogP contribution in [0.4, 0.5) is 0 Å². The molecule has 1 atom stereocenters. The Kier molecular flexibility index (Phi) is 3.68.